The van der Waals surface area contributed by atoms with Gasteiger partial charge in [-0.3, -0.25) is 4.79 Å². The number of ether oxygens (including phenoxy) is 2. The van der Waals surface area contributed by atoms with E-state index in [4.69, 9.17) is 9.47 Å². The highest BCUT2D eigenvalue weighted by Gasteiger charge is 2.17. The third-order valence-electron chi connectivity index (χ3n) is 3.26. The van der Waals surface area contributed by atoms with E-state index >= 15 is 0 Å². The Bertz CT molecular complexity index is 580. The SMILES string of the molecule is Cc1ccc(/C=C/C(=O)OCC(=O)N2CCOCC2)c(Br)c1. The highest BCUT2D eigenvalue weighted by atomic mass is 79.9. The van der Waals surface area contributed by atoms with Crippen LogP contribution < -0.4 is 0 Å². The van der Waals surface area contributed by atoms with Crippen molar-refractivity contribution in [3.8, 4) is 0 Å². The minimum atomic E-state index is -0.533. The van der Waals surface area contributed by atoms with Gasteiger partial charge in [-0.1, -0.05) is 28.1 Å². The van der Waals surface area contributed by atoms with Crippen LogP contribution in [0.15, 0.2) is 28.7 Å². The van der Waals surface area contributed by atoms with E-state index in [1.54, 1.807) is 11.0 Å². The molecule has 0 spiro atoms. The molecular weight excluding hydrogens is 350 g/mol. The molecule has 0 radical (unpaired) electrons. The summed E-state index contributed by atoms with van der Waals surface area (Å²) in [5.41, 5.74) is 2.00. The van der Waals surface area contributed by atoms with Gasteiger partial charge in [-0.25, -0.2) is 4.79 Å². The second-order valence-corrected chi connectivity index (χ2v) is 5.81. The Morgan fingerprint density at radius 3 is 2.77 bits per heavy atom. The first-order chi connectivity index (χ1) is 10.6. The molecule has 5 nitrogen and oxygen atoms in total. The molecule has 1 heterocycles. The maximum absolute atomic E-state index is 11.8. The fraction of sp³-hybridized carbons (Fsp3) is 0.375. The molecule has 118 valence electrons. The summed E-state index contributed by atoms with van der Waals surface area (Å²) in [6, 6.07) is 5.83. The molecule has 1 aliphatic heterocycles. The highest BCUT2D eigenvalue weighted by Crippen LogP contribution is 2.19. The van der Waals surface area contributed by atoms with Gasteiger partial charge in [0.05, 0.1) is 13.2 Å². The number of aryl methyl sites for hydroxylation is 1. The summed E-state index contributed by atoms with van der Waals surface area (Å²) < 4.78 is 11.0. The van der Waals surface area contributed by atoms with E-state index in [0.717, 1.165) is 15.6 Å². The largest absolute Gasteiger partial charge is 0.452 e. The van der Waals surface area contributed by atoms with Crippen LogP contribution in [0.5, 0.6) is 0 Å². The van der Waals surface area contributed by atoms with Crippen LogP contribution in [0, 0.1) is 6.92 Å². The second-order valence-electron chi connectivity index (χ2n) is 4.96. The van der Waals surface area contributed by atoms with E-state index in [2.05, 4.69) is 15.9 Å². The first-order valence-corrected chi connectivity index (χ1v) is 7.82. The zero-order valence-electron chi connectivity index (χ0n) is 12.4. The Labute approximate surface area is 138 Å². The molecule has 1 aliphatic rings. The molecule has 0 bridgehead atoms. The zero-order chi connectivity index (χ0) is 15.9. The molecule has 22 heavy (non-hydrogen) atoms. The van der Waals surface area contributed by atoms with Gasteiger partial charge in [0, 0.05) is 23.6 Å². The van der Waals surface area contributed by atoms with Crippen LogP contribution in [0.3, 0.4) is 0 Å². The number of benzene rings is 1. The first kappa shape index (κ1) is 16.7. The van der Waals surface area contributed by atoms with Gasteiger partial charge in [-0.05, 0) is 30.2 Å². The number of carbonyl (C=O) groups excluding carboxylic acids is 2. The Morgan fingerprint density at radius 1 is 1.36 bits per heavy atom. The zero-order valence-corrected chi connectivity index (χ0v) is 14.0. The van der Waals surface area contributed by atoms with Gasteiger partial charge in [0.25, 0.3) is 5.91 Å². The summed E-state index contributed by atoms with van der Waals surface area (Å²) in [6.07, 6.45) is 2.98. The Hall–Kier alpha value is -1.66. The third-order valence-corrected chi connectivity index (χ3v) is 3.94. The van der Waals surface area contributed by atoms with Crippen molar-refractivity contribution in [2.24, 2.45) is 0 Å². The van der Waals surface area contributed by atoms with Crippen LogP contribution in [0.4, 0.5) is 0 Å². The average molecular weight is 368 g/mol. The summed E-state index contributed by atoms with van der Waals surface area (Å²) in [4.78, 5) is 25.1. The standard InChI is InChI=1S/C16H18BrNO4/c1-12-2-3-13(14(17)10-12)4-5-16(20)22-11-15(19)18-6-8-21-9-7-18/h2-5,10H,6-9,11H2,1H3/b5-4+. The number of esters is 1. The molecule has 1 aromatic rings. The molecule has 1 saturated heterocycles. The van der Waals surface area contributed by atoms with Gasteiger partial charge < -0.3 is 14.4 Å². The van der Waals surface area contributed by atoms with Crippen LogP contribution in [0.2, 0.25) is 0 Å². The minimum Gasteiger partial charge on any atom is -0.452 e. The molecule has 1 fully saturated rings. The number of nitrogens with zero attached hydrogens (tertiary/aromatic N) is 1. The Kier molecular flexibility index (Phi) is 6.15. The Morgan fingerprint density at radius 2 is 2.09 bits per heavy atom. The summed E-state index contributed by atoms with van der Waals surface area (Å²) >= 11 is 3.44. The number of hydrogen-bond donors (Lipinski definition) is 0. The van der Waals surface area contributed by atoms with E-state index in [-0.39, 0.29) is 12.5 Å². The third kappa shape index (κ3) is 4.96. The fourth-order valence-electron chi connectivity index (χ4n) is 2.01. The monoisotopic (exact) mass is 367 g/mol. The number of morpholine rings is 1. The van der Waals surface area contributed by atoms with Crippen molar-refractivity contribution < 1.29 is 19.1 Å². The van der Waals surface area contributed by atoms with E-state index in [1.807, 2.05) is 25.1 Å². The molecule has 0 aliphatic carbocycles. The van der Waals surface area contributed by atoms with Crippen LogP contribution in [0.1, 0.15) is 11.1 Å². The van der Waals surface area contributed by atoms with Crippen molar-refractivity contribution in [2.45, 2.75) is 6.92 Å². The lowest BCUT2D eigenvalue weighted by atomic mass is 10.1. The molecule has 0 N–H and O–H groups in total. The molecule has 6 heteroatoms. The van der Waals surface area contributed by atoms with E-state index in [0.29, 0.717) is 26.3 Å². The lowest BCUT2D eigenvalue weighted by molar-refractivity contribution is -0.150. The highest BCUT2D eigenvalue weighted by molar-refractivity contribution is 9.10. The molecular formula is C16H18BrNO4. The van der Waals surface area contributed by atoms with Gasteiger partial charge in [0.1, 0.15) is 0 Å². The van der Waals surface area contributed by atoms with E-state index in [9.17, 15) is 9.59 Å². The normalized spacial score (nSPS) is 15.1. The van der Waals surface area contributed by atoms with Crippen molar-refractivity contribution in [3.05, 3.63) is 39.9 Å². The average Bonchev–Trinajstić information content (AvgIpc) is 2.52. The predicted octanol–water partition coefficient (Wildman–Crippen LogP) is 2.17. The quantitative estimate of drug-likeness (QED) is 0.604. The lowest BCUT2D eigenvalue weighted by Crippen LogP contribution is -2.42. The minimum absolute atomic E-state index is 0.193. The molecule has 0 aromatic heterocycles. The van der Waals surface area contributed by atoms with Crippen molar-refractivity contribution in [1.82, 2.24) is 4.90 Å². The summed E-state index contributed by atoms with van der Waals surface area (Å²) in [5, 5.41) is 0. The van der Waals surface area contributed by atoms with Crippen molar-refractivity contribution in [1.29, 1.82) is 0 Å². The van der Waals surface area contributed by atoms with Gasteiger partial charge in [0.2, 0.25) is 0 Å². The van der Waals surface area contributed by atoms with Crippen LogP contribution in [-0.4, -0.2) is 49.7 Å². The number of carbonyl (C=O) groups is 2. The van der Waals surface area contributed by atoms with E-state index in [1.165, 1.54) is 6.08 Å². The van der Waals surface area contributed by atoms with Crippen LogP contribution in [-0.2, 0) is 19.1 Å². The van der Waals surface area contributed by atoms with Gasteiger partial charge in [-0.15, -0.1) is 0 Å². The number of amides is 1. The molecule has 0 unspecified atom stereocenters. The molecule has 0 saturated carbocycles. The maximum Gasteiger partial charge on any atom is 0.331 e. The number of rotatable bonds is 4. The number of halogens is 1. The lowest BCUT2D eigenvalue weighted by Gasteiger charge is -2.26. The van der Waals surface area contributed by atoms with Gasteiger partial charge >= 0.3 is 5.97 Å². The van der Waals surface area contributed by atoms with Crippen LogP contribution in [0.25, 0.3) is 6.08 Å². The van der Waals surface area contributed by atoms with Gasteiger partial charge in [-0.2, -0.15) is 0 Å². The summed E-state index contributed by atoms with van der Waals surface area (Å²) in [6.45, 7) is 3.90. The summed E-state index contributed by atoms with van der Waals surface area (Å²) in [7, 11) is 0. The van der Waals surface area contributed by atoms with Crippen molar-refractivity contribution in [3.63, 3.8) is 0 Å². The first-order valence-electron chi connectivity index (χ1n) is 7.03. The number of hydrogen-bond acceptors (Lipinski definition) is 4. The maximum atomic E-state index is 11.8. The van der Waals surface area contributed by atoms with Crippen molar-refractivity contribution in [2.75, 3.05) is 32.9 Å². The molecule has 0 atom stereocenters. The Balaban J connectivity index is 1.82. The molecule has 2 rings (SSSR count). The smallest absolute Gasteiger partial charge is 0.331 e. The van der Waals surface area contributed by atoms with Crippen LogP contribution >= 0.6 is 15.9 Å². The van der Waals surface area contributed by atoms with Gasteiger partial charge in [0.15, 0.2) is 6.61 Å². The van der Waals surface area contributed by atoms with E-state index < -0.39 is 5.97 Å². The van der Waals surface area contributed by atoms with Crippen molar-refractivity contribution >= 4 is 33.9 Å². The fourth-order valence-corrected chi connectivity index (χ4v) is 2.64. The molecule has 1 aromatic carbocycles. The predicted molar refractivity (Wildman–Crippen MR) is 86.3 cm³/mol. The second kappa shape index (κ2) is 8.10. The summed E-state index contributed by atoms with van der Waals surface area (Å²) in [5.74, 6) is -0.726. The molecule has 1 amide bonds. The topological polar surface area (TPSA) is 55.8 Å².